The van der Waals surface area contributed by atoms with Crippen molar-refractivity contribution in [3.63, 3.8) is 0 Å². The smallest absolute Gasteiger partial charge is 0.323 e. The molecule has 2 N–H and O–H groups in total. The fraction of sp³-hybridized carbons (Fsp3) is 0.579. The number of carbonyl (C=O) groups is 2. The maximum atomic E-state index is 13.1. The van der Waals surface area contributed by atoms with Gasteiger partial charge in [-0.3, -0.25) is 14.2 Å². The molecule has 0 spiro atoms. The van der Waals surface area contributed by atoms with Crippen molar-refractivity contribution in [3.05, 3.63) is 35.9 Å². The number of rotatable bonds is 11. The summed E-state index contributed by atoms with van der Waals surface area (Å²) in [6, 6.07) is 9.46. The molecule has 1 amide bonds. The van der Waals surface area contributed by atoms with Gasteiger partial charge in [-0.25, -0.2) is 5.09 Å². The van der Waals surface area contributed by atoms with Crippen LogP contribution >= 0.6 is 7.52 Å². The average molecular weight is 396 g/mol. The monoisotopic (exact) mass is 396 g/mol. The van der Waals surface area contributed by atoms with Crippen LogP contribution in [-0.4, -0.2) is 53.8 Å². The molecule has 2 rings (SSSR count). The van der Waals surface area contributed by atoms with E-state index in [4.69, 9.17) is 9.63 Å². The van der Waals surface area contributed by atoms with E-state index >= 15 is 0 Å². The molecule has 27 heavy (non-hydrogen) atoms. The number of hydrogen-bond acceptors (Lipinski definition) is 4. The lowest BCUT2D eigenvalue weighted by Gasteiger charge is -2.33. The number of carbonyl (C=O) groups excluding carboxylic acids is 1. The van der Waals surface area contributed by atoms with Crippen molar-refractivity contribution in [2.24, 2.45) is 0 Å². The van der Waals surface area contributed by atoms with E-state index in [1.807, 2.05) is 18.2 Å². The number of carboxylic acid groups (broad SMARTS) is 1. The Labute approximate surface area is 160 Å². The summed E-state index contributed by atoms with van der Waals surface area (Å²) in [6.45, 7) is 2.16. The molecule has 7 nitrogen and oxygen atoms in total. The maximum Gasteiger partial charge on any atom is 0.323 e. The molecule has 1 aromatic rings. The first-order valence-electron chi connectivity index (χ1n) is 9.49. The number of nitrogens with one attached hydrogen (secondary N) is 1. The lowest BCUT2D eigenvalue weighted by molar-refractivity contribution is -0.146. The molecule has 1 unspecified atom stereocenters. The summed E-state index contributed by atoms with van der Waals surface area (Å²) >= 11 is 0. The molecule has 150 valence electrons. The van der Waals surface area contributed by atoms with Crippen LogP contribution in [-0.2, 0) is 25.1 Å². The van der Waals surface area contributed by atoms with E-state index in [0.717, 1.165) is 19.3 Å². The van der Waals surface area contributed by atoms with Crippen LogP contribution in [0, 0.1) is 0 Å². The standard InChI is InChI=1S/C19H29N2O5P/c1-2-26-27(25,14-7-6-11-16-9-4-3-5-10-16)20-17-12-8-13-21(19(17)24)15-18(22)23/h3-5,9-10,17H,2,6-8,11-15H2,1H3,(H,20,25)(H,22,23)/t17-,27?/m0/s1. The van der Waals surface area contributed by atoms with Crippen LogP contribution in [0.1, 0.15) is 38.2 Å². The summed E-state index contributed by atoms with van der Waals surface area (Å²) in [4.78, 5) is 24.7. The zero-order chi connectivity index (χ0) is 19.7. The van der Waals surface area contributed by atoms with Crippen molar-refractivity contribution in [2.45, 2.75) is 45.1 Å². The van der Waals surface area contributed by atoms with Gasteiger partial charge in [0.1, 0.15) is 6.54 Å². The van der Waals surface area contributed by atoms with Gasteiger partial charge in [-0.1, -0.05) is 30.3 Å². The number of benzene rings is 1. The van der Waals surface area contributed by atoms with Gasteiger partial charge < -0.3 is 14.5 Å². The van der Waals surface area contributed by atoms with Crippen LogP contribution < -0.4 is 5.09 Å². The number of carboxylic acids is 1. The minimum Gasteiger partial charge on any atom is -0.480 e. The van der Waals surface area contributed by atoms with E-state index in [0.29, 0.717) is 32.2 Å². The van der Waals surface area contributed by atoms with Gasteiger partial charge in [0.15, 0.2) is 0 Å². The second-order valence-electron chi connectivity index (χ2n) is 6.73. The molecule has 1 heterocycles. The van der Waals surface area contributed by atoms with Crippen molar-refractivity contribution in [1.82, 2.24) is 9.99 Å². The second-order valence-corrected chi connectivity index (χ2v) is 9.05. The number of nitrogens with zero attached hydrogens (tertiary/aromatic N) is 1. The third-order valence-electron chi connectivity index (χ3n) is 4.56. The van der Waals surface area contributed by atoms with Gasteiger partial charge in [-0.2, -0.15) is 0 Å². The third-order valence-corrected chi connectivity index (χ3v) is 6.84. The van der Waals surface area contributed by atoms with Crippen molar-refractivity contribution in [2.75, 3.05) is 25.9 Å². The molecular formula is C19H29N2O5P. The van der Waals surface area contributed by atoms with Crippen molar-refractivity contribution < 1.29 is 23.8 Å². The van der Waals surface area contributed by atoms with Gasteiger partial charge >= 0.3 is 5.97 Å². The number of unbranched alkanes of at least 4 members (excludes halogenated alkanes) is 1. The van der Waals surface area contributed by atoms with Crippen molar-refractivity contribution in [1.29, 1.82) is 0 Å². The van der Waals surface area contributed by atoms with Gasteiger partial charge in [0.05, 0.1) is 12.6 Å². The van der Waals surface area contributed by atoms with Gasteiger partial charge in [-0.05, 0) is 44.6 Å². The molecule has 8 heteroatoms. The van der Waals surface area contributed by atoms with Crippen molar-refractivity contribution >= 4 is 19.4 Å². The quantitative estimate of drug-likeness (QED) is 0.441. The van der Waals surface area contributed by atoms with Gasteiger partial charge in [0.25, 0.3) is 7.52 Å². The van der Waals surface area contributed by atoms with Crippen LogP contribution in [0.4, 0.5) is 0 Å². The SMILES string of the molecule is CCOP(=O)(CCCCc1ccccc1)N[C@H]1CCCN(CC(=O)O)C1=O. The molecule has 0 saturated carbocycles. The molecule has 2 atom stereocenters. The van der Waals surface area contributed by atoms with Crippen molar-refractivity contribution in [3.8, 4) is 0 Å². The van der Waals surface area contributed by atoms with Gasteiger partial charge in [0.2, 0.25) is 5.91 Å². The summed E-state index contributed by atoms with van der Waals surface area (Å²) in [5.74, 6) is -1.36. The first kappa shape index (κ1) is 21.6. The van der Waals surface area contributed by atoms with Gasteiger partial charge in [-0.15, -0.1) is 0 Å². The van der Waals surface area contributed by atoms with E-state index in [9.17, 15) is 14.2 Å². The molecule has 1 aromatic carbocycles. The molecule has 1 saturated heterocycles. The fourth-order valence-corrected chi connectivity index (χ4v) is 5.39. The number of likely N-dealkylation sites (tertiary alicyclic amines) is 1. The maximum absolute atomic E-state index is 13.1. The molecule has 0 bridgehead atoms. The zero-order valence-corrected chi connectivity index (χ0v) is 16.7. The van der Waals surface area contributed by atoms with E-state index < -0.39 is 19.5 Å². The van der Waals surface area contributed by atoms with Crippen LogP contribution in [0.5, 0.6) is 0 Å². The van der Waals surface area contributed by atoms with Crippen LogP contribution in [0.2, 0.25) is 0 Å². The van der Waals surface area contributed by atoms with E-state index in [2.05, 4.69) is 17.2 Å². The Bertz CT molecular complexity index is 667. The summed E-state index contributed by atoms with van der Waals surface area (Å²) in [5, 5.41) is 11.9. The number of aliphatic carboxylic acids is 1. The first-order chi connectivity index (χ1) is 12.9. The Morgan fingerprint density at radius 2 is 2.07 bits per heavy atom. The van der Waals surface area contributed by atoms with E-state index in [1.54, 1.807) is 6.92 Å². The Kier molecular flexibility index (Phi) is 8.48. The molecule has 0 radical (unpaired) electrons. The second kappa shape index (κ2) is 10.6. The first-order valence-corrected chi connectivity index (χ1v) is 11.3. The molecule has 0 aromatic heterocycles. The topological polar surface area (TPSA) is 95.9 Å². The summed E-state index contributed by atoms with van der Waals surface area (Å²) in [7, 11) is -3.15. The minimum absolute atomic E-state index is 0.294. The minimum atomic E-state index is -3.15. The largest absolute Gasteiger partial charge is 0.480 e. The number of piperidine rings is 1. The lowest BCUT2D eigenvalue weighted by Crippen LogP contribution is -2.51. The normalized spacial score (nSPS) is 19.7. The predicted molar refractivity (Wildman–Crippen MR) is 104 cm³/mol. The summed E-state index contributed by atoms with van der Waals surface area (Å²) < 4.78 is 18.7. The van der Waals surface area contributed by atoms with Gasteiger partial charge in [0, 0.05) is 12.7 Å². The summed E-state index contributed by atoms with van der Waals surface area (Å²) in [5.41, 5.74) is 1.24. The Morgan fingerprint density at radius 1 is 1.33 bits per heavy atom. The predicted octanol–water partition coefficient (Wildman–Crippen LogP) is 2.90. The van der Waals surface area contributed by atoms with E-state index in [1.165, 1.54) is 10.5 Å². The van der Waals surface area contributed by atoms with E-state index in [-0.39, 0.29) is 12.5 Å². The Hall–Kier alpha value is -1.69. The molecular weight excluding hydrogens is 367 g/mol. The number of amides is 1. The van der Waals surface area contributed by atoms with Crippen LogP contribution in [0.25, 0.3) is 0 Å². The molecule has 1 aliphatic rings. The van der Waals surface area contributed by atoms with Crippen LogP contribution in [0.15, 0.2) is 30.3 Å². The molecule has 0 aliphatic carbocycles. The highest BCUT2D eigenvalue weighted by Crippen LogP contribution is 2.44. The highest BCUT2D eigenvalue weighted by atomic mass is 31.2. The number of aryl methyl sites for hydroxylation is 1. The summed E-state index contributed by atoms with van der Waals surface area (Å²) in [6.07, 6.45) is 4.08. The lowest BCUT2D eigenvalue weighted by atomic mass is 10.1. The highest BCUT2D eigenvalue weighted by molar-refractivity contribution is 7.56. The number of hydrogen-bond donors (Lipinski definition) is 2. The highest BCUT2D eigenvalue weighted by Gasteiger charge is 2.35. The average Bonchev–Trinajstić information content (AvgIpc) is 2.63. The zero-order valence-electron chi connectivity index (χ0n) is 15.8. The van der Waals surface area contributed by atoms with Crippen LogP contribution in [0.3, 0.4) is 0 Å². The molecule has 1 fully saturated rings. The third kappa shape index (κ3) is 7.09. The molecule has 1 aliphatic heterocycles. The Balaban J connectivity index is 1.89. The fourth-order valence-electron chi connectivity index (χ4n) is 3.29. The Morgan fingerprint density at radius 3 is 2.74 bits per heavy atom.